The Morgan fingerprint density at radius 3 is 1.38 bits per heavy atom. The van der Waals surface area contributed by atoms with Crippen LogP contribution in [-0.4, -0.2) is 101 Å². The molecule has 0 saturated carbocycles. The van der Waals surface area contributed by atoms with E-state index in [1.807, 2.05) is 123 Å². The molecule has 66 heavy (non-hydrogen) atoms. The Morgan fingerprint density at radius 2 is 0.955 bits per heavy atom. The van der Waals surface area contributed by atoms with Gasteiger partial charge in [-0.1, -0.05) is 0 Å². The molecule has 9 rings (SSSR count). The predicted octanol–water partition coefficient (Wildman–Crippen LogP) is 12.2. The zero-order chi connectivity index (χ0) is 45.1. The van der Waals surface area contributed by atoms with Gasteiger partial charge in [0.05, 0.1) is 37.2 Å². The van der Waals surface area contributed by atoms with Crippen molar-refractivity contribution in [3.05, 3.63) is 133 Å². The maximum atomic E-state index is 9.71. The van der Waals surface area contributed by atoms with Crippen LogP contribution in [0, 0.1) is 0 Å². The highest BCUT2D eigenvalue weighted by Gasteiger charge is 2.19. The van der Waals surface area contributed by atoms with Gasteiger partial charge in [0.2, 0.25) is 0 Å². The van der Waals surface area contributed by atoms with E-state index in [0.717, 1.165) is 126 Å². The second kappa shape index (κ2) is 22.8. The Morgan fingerprint density at radius 1 is 0.545 bits per heavy atom. The molecule has 3 heterocycles. The molecule has 0 spiro atoms. The molecule has 1 aliphatic heterocycles. The fraction of sp³-hybridized carbons (Fsp3) is 0.231. The molecule has 14 heteroatoms. The number of aromatic hydroxyl groups is 2. The highest BCUT2D eigenvalue weighted by molar-refractivity contribution is 7.23. The quantitative estimate of drug-likeness (QED) is 0.0966. The normalized spacial score (nSPS) is 12.6. The van der Waals surface area contributed by atoms with Gasteiger partial charge in [-0.2, -0.15) is 0 Å². The summed E-state index contributed by atoms with van der Waals surface area (Å²) in [5.41, 5.74) is 1.97. The molecule has 1 saturated heterocycles. The van der Waals surface area contributed by atoms with E-state index in [2.05, 4.69) is 9.80 Å². The molecule has 8 aromatic rings. The molecule has 2 aromatic heterocycles. The van der Waals surface area contributed by atoms with Gasteiger partial charge >= 0.3 is 0 Å². The van der Waals surface area contributed by atoms with Crippen molar-refractivity contribution in [1.82, 2.24) is 9.80 Å². The molecule has 2 N–H and O–H groups in total. The number of nitrogens with zero attached hydrogens (tertiary/aromatic N) is 2. The highest BCUT2D eigenvalue weighted by Crippen LogP contribution is 2.49. The molecule has 0 atom stereocenters. The van der Waals surface area contributed by atoms with Crippen LogP contribution >= 0.6 is 35.1 Å². The van der Waals surface area contributed by atoms with Gasteiger partial charge in [0.25, 0.3) is 0 Å². The maximum Gasteiger partial charge on any atom is 0.153 e. The summed E-state index contributed by atoms with van der Waals surface area (Å²) >= 11 is 3.27. The van der Waals surface area contributed by atoms with Crippen molar-refractivity contribution in [3.8, 4) is 78.4 Å². The molecule has 1 aliphatic rings. The topological polar surface area (TPSA) is 112 Å². The van der Waals surface area contributed by atoms with Crippen LogP contribution < -0.4 is 28.4 Å². The molecule has 0 amide bonds. The number of halogens is 1. The molecule has 11 nitrogen and oxygen atoms in total. The molecule has 1 fully saturated rings. The van der Waals surface area contributed by atoms with Crippen LogP contribution in [0.4, 0.5) is 0 Å². The van der Waals surface area contributed by atoms with Crippen molar-refractivity contribution in [2.75, 3.05) is 80.9 Å². The number of benzene rings is 6. The van der Waals surface area contributed by atoms with Crippen LogP contribution in [0.5, 0.6) is 57.5 Å². The second-order valence-electron chi connectivity index (χ2n) is 15.4. The van der Waals surface area contributed by atoms with E-state index in [1.54, 1.807) is 61.2 Å². The summed E-state index contributed by atoms with van der Waals surface area (Å²) in [7, 11) is 7.37. The molecule has 344 valence electrons. The third-order valence-corrected chi connectivity index (χ3v) is 13.0. The first-order valence-corrected chi connectivity index (χ1v) is 22.9. The molecular formula is C52H53ClN2O9S2. The van der Waals surface area contributed by atoms with Gasteiger partial charge in [-0.3, -0.25) is 4.90 Å². The van der Waals surface area contributed by atoms with Crippen LogP contribution in [0.15, 0.2) is 133 Å². The zero-order valence-corrected chi connectivity index (χ0v) is 39.7. The van der Waals surface area contributed by atoms with E-state index in [9.17, 15) is 10.2 Å². The van der Waals surface area contributed by atoms with Crippen molar-refractivity contribution < 1.29 is 43.4 Å². The van der Waals surface area contributed by atoms with Gasteiger partial charge in [0.15, 0.2) is 11.5 Å². The molecule has 0 aliphatic carbocycles. The van der Waals surface area contributed by atoms with Crippen LogP contribution in [0.2, 0.25) is 0 Å². The Hall–Kier alpha value is -6.19. The summed E-state index contributed by atoms with van der Waals surface area (Å²) in [5, 5.41) is 21.4. The van der Waals surface area contributed by atoms with E-state index in [4.69, 9.17) is 33.2 Å². The minimum Gasteiger partial charge on any atom is -0.508 e. The van der Waals surface area contributed by atoms with Crippen LogP contribution in [0.1, 0.15) is 0 Å². The average Bonchev–Trinajstić information content (AvgIpc) is 3.87. The number of morpholine rings is 1. The number of phenols is 2. The van der Waals surface area contributed by atoms with Crippen molar-refractivity contribution in [2.24, 2.45) is 0 Å². The van der Waals surface area contributed by atoms with Crippen molar-refractivity contribution >= 4 is 55.3 Å². The van der Waals surface area contributed by atoms with E-state index in [1.165, 1.54) is 0 Å². The first-order valence-electron chi connectivity index (χ1n) is 21.3. The maximum absolute atomic E-state index is 9.71. The van der Waals surface area contributed by atoms with Gasteiger partial charge in [0, 0.05) is 46.4 Å². The number of thiophene rings is 2. The van der Waals surface area contributed by atoms with Crippen molar-refractivity contribution in [2.45, 2.75) is 0 Å². The van der Waals surface area contributed by atoms with Crippen molar-refractivity contribution in [3.63, 3.8) is 0 Å². The Kier molecular flexibility index (Phi) is 16.5. The number of rotatable bonds is 16. The Bertz CT molecular complexity index is 2770. The highest BCUT2D eigenvalue weighted by atomic mass is 35.5. The minimum absolute atomic E-state index is 0. The number of ether oxygens (including phenoxy) is 7. The SMILES string of the molecule is COc1ccc2c(Oc3ccc(OCCN(C)C)cc3)c(-c3ccc(O)cc3)sc2c1.COc1ccc2c(Oc3ccc(OCCN4CCOCC4)cc3)c(-c3ccc(O)cc3)sc2c1.Cl. The smallest absolute Gasteiger partial charge is 0.153 e. The first-order chi connectivity index (χ1) is 31.7. The summed E-state index contributed by atoms with van der Waals surface area (Å²) in [4.78, 5) is 6.42. The molecule has 0 unspecified atom stereocenters. The zero-order valence-electron chi connectivity index (χ0n) is 37.2. The first kappa shape index (κ1) is 47.8. The fourth-order valence-corrected chi connectivity index (χ4v) is 9.40. The molecule has 0 radical (unpaired) electrons. The number of hydrogen-bond donors (Lipinski definition) is 2. The van der Waals surface area contributed by atoms with Crippen LogP contribution in [-0.2, 0) is 4.74 Å². The standard InChI is InChI=1S/C27H27NO5S.C25H25NO4S.ClH/c1-30-23-10-11-24-25(18-23)34-27(19-2-4-20(29)5-3-19)26(24)33-22-8-6-21(7-9-22)32-17-14-28-12-15-31-16-13-28;1-26(2)14-15-29-19-8-10-20(11-9-19)30-24-22-13-12-21(28-3)16-23(22)31-25(24)17-4-6-18(27)7-5-17;/h2-11,18,29H,12-17H2,1H3;4-13,16,27H,14-15H2,1-3H3;1H. The van der Waals surface area contributed by atoms with Crippen LogP contribution in [0.3, 0.4) is 0 Å². The van der Waals surface area contributed by atoms with Crippen LogP contribution in [0.25, 0.3) is 41.1 Å². The Labute approximate surface area is 399 Å². The Balaban J connectivity index is 0.000000194. The minimum atomic E-state index is 0. The third-order valence-electron chi connectivity index (χ3n) is 10.6. The van der Waals surface area contributed by atoms with Gasteiger partial charge in [0.1, 0.15) is 59.2 Å². The number of hydrogen-bond acceptors (Lipinski definition) is 13. The van der Waals surface area contributed by atoms with Gasteiger partial charge in [-0.15, -0.1) is 35.1 Å². The van der Waals surface area contributed by atoms with Gasteiger partial charge in [-0.25, -0.2) is 0 Å². The summed E-state index contributed by atoms with van der Waals surface area (Å²) in [5.74, 6) is 6.74. The molecule has 6 aromatic carbocycles. The summed E-state index contributed by atoms with van der Waals surface area (Å²) in [6.07, 6.45) is 0. The lowest BCUT2D eigenvalue weighted by Gasteiger charge is -2.26. The van der Waals surface area contributed by atoms with Gasteiger partial charge < -0.3 is 48.3 Å². The van der Waals surface area contributed by atoms with Gasteiger partial charge in [-0.05, 0) is 159 Å². The van der Waals surface area contributed by atoms with E-state index >= 15 is 0 Å². The lowest BCUT2D eigenvalue weighted by atomic mass is 10.1. The monoisotopic (exact) mass is 948 g/mol. The fourth-order valence-electron chi connectivity index (χ4n) is 7.08. The van der Waals surface area contributed by atoms with Crippen molar-refractivity contribution in [1.29, 1.82) is 0 Å². The largest absolute Gasteiger partial charge is 0.508 e. The van der Waals surface area contributed by atoms with E-state index in [0.29, 0.717) is 13.2 Å². The number of fused-ring (bicyclic) bond motifs is 2. The lowest BCUT2D eigenvalue weighted by molar-refractivity contribution is 0.0322. The second-order valence-corrected chi connectivity index (χ2v) is 17.5. The summed E-state index contributed by atoms with van der Waals surface area (Å²) in [6.45, 7) is 6.53. The summed E-state index contributed by atoms with van der Waals surface area (Å²) in [6, 6.07) is 41.7. The number of methoxy groups -OCH3 is 2. The number of likely N-dealkylation sites (N-methyl/N-ethyl adjacent to an activating group) is 1. The number of phenolic OH excluding ortho intramolecular Hbond substituents is 2. The predicted molar refractivity (Wildman–Crippen MR) is 268 cm³/mol. The third kappa shape index (κ3) is 12.2. The lowest BCUT2D eigenvalue weighted by Crippen LogP contribution is -2.38. The van der Waals surface area contributed by atoms with E-state index < -0.39 is 0 Å². The average molecular weight is 950 g/mol. The molecular weight excluding hydrogens is 896 g/mol. The molecule has 0 bridgehead atoms. The summed E-state index contributed by atoms with van der Waals surface area (Å²) < 4.78 is 42.8. The van der Waals surface area contributed by atoms with E-state index in [-0.39, 0.29) is 23.9 Å².